The quantitative estimate of drug-likeness (QED) is 0.211. The Morgan fingerprint density at radius 2 is 1.59 bits per heavy atom. The van der Waals surface area contributed by atoms with Crippen LogP contribution in [0.15, 0.2) is 78.2 Å². The Kier molecular flexibility index (Phi) is 9.12. The van der Waals surface area contributed by atoms with E-state index in [0.29, 0.717) is 6.54 Å². The predicted molar refractivity (Wildman–Crippen MR) is 157 cm³/mol. The minimum atomic E-state index is 0.185. The molecule has 0 bridgehead atoms. The maximum absolute atomic E-state index is 9.72. The molecule has 6 heteroatoms. The molecule has 0 amide bonds. The van der Waals surface area contributed by atoms with E-state index >= 15 is 0 Å². The van der Waals surface area contributed by atoms with E-state index in [0.717, 1.165) is 51.5 Å². The Bertz CT molecular complexity index is 1340. The molecule has 2 aliphatic rings. The number of nitrogens with one attached hydrogen (secondary N) is 1. The van der Waals surface area contributed by atoms with Gasteiger partial charge in [0.05, 0.1) is 12.6 Å². The number of hydrogen-bond donors (Lipinski definition) is 1. The fourth-order valence-corrected chi connectivity index (χ4v) is 5.85. The Balaban J connectivity index is 1.13. The van der Waals surface area contributed by atoms with Crippen molar-refractivity contribution in [3.8, 4) is 6.07 Å². The van der Waals surface area contributed by atoms with Crippen LogP contribution >= 0.6 is 0 Å². The highest BCUT2D eigenvalue weighted by molar-refractivity contribution is 5.85. The maximum atomic E-state index is 9.72. The minimum Gasteiger partial charge on any atom is -0.365 e. The first-order chi connectivity index (χ1) is 19.2. The summed E-state index contributed by atoms with van der Waals surface area (Å²) >= 11 is 0. The number of hydrogen-bond acceptors (Lipinski definition) is 5. The number of nitrogens with zero attached hydrogens (tertiary/aromatic N) is 5. The number of allylic oxidation sites excluding steroid dienone is 1. The summed E-state index contributed by atoms with van der Waals surface area (Å²) in [5.41, 5.74) is 4.11. The second-order valence-corrected chi connectivity index (χ2v) is 10.6. The van der Waals surface area contributed by atoms with Crippen molar-refractivity contribution in [1.29, 1.82) is 5.26 Å². The van der Waals surface area contributed by atoms with Gasteiger partial charge in [0.2, 0.25) is 0 Å². The largest absolute Gasteiger partial charge is 0.365 e. The maximum Gasteiger partial charge on any atom is 0.300 e. The molecule has 0 saturated carbocycles. The number of nitriles is 1. The van der Waals surface area contributed by atoms with Gasteiger partial charge in [0, 0.05) is 39.3 Å². The Labute approximate surface area is 232 Å². The highest BCUT2D eigenvalue weighted by atomic mass is 15.4. The molecule has 0 aromatic heterocycles. The van der Waals surface area contributed by atoms with Crippen LogP contribution in [-0.4, -0.2) is 54.0 Å². The lowest BCUT2D eigenvalue weighted by Crippen LogP contribution is -2.29. The number of piperidine rings is 1. The Morgan fingerprint density at radius 1 is 0.846 bits per heavy atom. The van der Waals surface area contributed by atoms with Crippen molar-refractivity contribution in [2.75, 3.05) is 39.3 Å². The minimum absolute atomic E-state index is 0.185. The fourth-order valence-electron chi connectivity index (χ4n) is 5.85. The molecule has 3 aromatic rings. The molecule has 0 spiro atoms. The van der Waals surface area contributed by atoms with Crippen LogP contribution in [-0.2, 0) is 19.6 Å². The Morgan fingerprint density at radius 3 is 2.38 bits per heavy atom. The van der Waals surface area contributed by atoms with E-state index in [1.807, 2.05) is 0 Å². The summed E-state index contributed by atoms with van der Waals surface area (Å²) in [7, 11) is 0. The molecule has 0 radical (unpaired) electrons. The van der Waals surface area contributed by atoms with E-state index in [1.54, 1.807) is 0 Å². The van der Waals surface area contributed by atoms with Gasteiger partial charge in [0.15, 0.2) is 0 Å². The van der Waals surface area contributed by atoms with Gasteiger partial charge in [-0.25, -0.2) is 10.1 Å². The van der Waals surface area contributed by atoms with Gasteiger partial charge in [-0.1, -0.05) is 73.2 Å². The van der Waals surface area contributed by atoms with Crippen molar-refractivity contribution >= 4 is 10.8 Å². The van der Waals surface area contributed by atoms with Crippen molar-refractivity contribution < 1.29 is 0 Å². The standard InChI is InChI=1S/C33H38N6/c1-35-32(23-34)33-38(21-22-39(33)26-30-11-7-10-29-9-3-4-12-31(29)30)20-8-17-36-24-27-13-15-28(16-14-27)25-37-18-5-2-6-19-37/h3-4,7,9-16,36H,2,5-6,8,17-22,24-26H2/b33-32+. The summed E-state index contributed by atoms with van der Waals surface area (Å²) in [5.74, 6) is 0.782. The summed E-state index contributed by atoms with van der Waals surface area (Å²) in [6.07, 6.45) is 4.98. The van der Waals surface area contributed by atoms with E-state index in [-0.39, 0.29) is 5.70 Å². The molecule has 5 rings (SSSR count). The molecule has 0 unspecified atom stereocenters. The Hall–Kier alpha value is -3.84. The van der Waals surface area contributed by atoms with Crippen molar-refractivity contribution in [3.05, 3.63) is 106 Å². The normalized spacial score (nSPS) is 17.3. The SMILES string of the molecule is [C-]#[N+]/C(C#N)=C1\N(CCCNCc2ccc(CN3CCCCC3)cc2)CCN1Cc1cccc2ccccc12. The van der Waals surface area contributed by atoms with Crippen LogP contribution in [0.25, 0.3) is 15.6 Å². The topological polar surface area (TPSA) is 49.9 Å². The summed E-state index contributed by atoms with van der Waals surface area (Å²) in [6.45, 7) is 16.0. The van der Waals surface area contributed by atoms with Crippen molar-refractivity contribution in [2.24, 2.45) is 0 Å². The molecule has 6 nitrogen and oxygen atoms in total. The van der Waals surface area contributed by atoms with Gasteiger partial charge in [0.1, 0.15) is 5.82 Å². The van der Waals surface area contributed by atoms with Gasteiger partial charge < -0.3 is 15.1 Å². The van der Waals surface area contributed by atoms with Crippen LogP contribution in [0.3, 0.4) is 0 Å². The lowest BCUT2D eigenvalue weighted by molar-refractivity contribution is 0.221. The third kappa shape index (κ3) is 6.79. The van der Waals surface area contributed by atoms with Crippen LogP contribution in [0.5, 0.6) is 0 Å². The average Bonchev–Trinajstić information content (AvgIpc) is 3.37. The van der Waals surface area contributed by atoms with Crippen LogP contribution in [0.2, 0.25) is 0 Å². The molecule has 2 heterocycles. The number of fused-ring (bicyclic) bond motifs is 1. The molecule has 1 N–H and O–H groups in total. The zero-order valence-corrected chi connectivity index (χ0v) is 22.8. The van der Waals surface area contributed by atoms with E-state index in [9.17, 15) is 5.26 Å². The first kappa shape index (κ1) is 26.8. The first-order valence-electron chi connectivity index (χ1n) is 14.2. The lowest BCUT2D eigenvalue weighted by Gasteiger charge is -2.26. The average molecular weight is 519 g/mol. The van der Waals surface area contributed by atoms with Gasteiger partial charge in [-0.2, -0.15) is 0 Å². The van der Waals surface area contributed by atoms with Gasteiger partial charge >= 0.3 is 5.70 Å². The molecule has 3 aromatic carbocycles. The molecular weight excluding hydrogens is 480 g/mol. The third-order valence-corrected chi connectivity index (χ3v) is 7.90. The second kappa shape index (κ2) is 13.3. The summed E-state index contributed by atoms with van der Waals surface area (Å²) in [4.78, 5) is 10.6. The van der Waals surface area contributed by atoms with Crippen LogP contribution in [0.4, 0.5) is 0 Å². The van der Waals surface area contributed by atoms with E-state index in [1.165, 1.54) is 59.8 Å². The molecule has 39 heavy (non-hydrogen) atoms. The summed E-state index contributed by atoms with van der Waals surface area (Å²) < 4.78 is 0. The molecule has 200 valence electrons. The number of rotatable bonds is 10. The lowest BCUT2D eigenvalue weighted by atomic mass is 10.0. The predicted octanol–water partition coefficient (Wildman–Crippen LogP) is 5.74. The molecule has 2 aliphatic heterocycles. The smallest absolute Gasteiger partial charge is 0.300 e. The van der Waals surface area contributed by atoms with Gasteiger partial charge in [-0.05, 0) is 66.4 Å². The summed E-state index contributed by atoms with van der Waals surface area (Å²) in [5, 5.41) is 15.7. The van der Waals surface area contributed by atoms with Gasteiger partial charge in [0.25, 0.3) is 0 Å². The van der Waals surface area contributed by atoms with Crippen molar-refractivity contribution in [1.82, 2.24) is 20.0 Å². The van der Waals surface area contributed by atoms with Crippen LogP contribution < -0.4 is 5.32 Å². The molecule has 2 saturated heterocycles. The second-order valence-electron chi connectivity index (χ2n) is 10.6. The molecule has 0 atom stereocenters. The zero-order valence-electron chi connectivity index (χ0n) is 22.8. The van der Waals surface area contributed by atoms with E-state index in [2.05, 4.69) is 97.7 Å². The molecule has 0 aliphatic carbocycles. The third-order valence-electron chi connectivity index (χ3n) is 7.90. The van der Waals surface area contributed by atoms with E-state index < -0.39 is 0 Å². The van der Waals surface area contributed by atoms with E-state index in [4.69, 9.17) is 6.57 Å². The fraction of sp³-hybridized carbons (Fsp3) is 0.394. The number of likely N-dealkylation sites (tertiary alicyclic amines) is 1. The van der Waals surface area contributed by atoms with Crippen LogP contribution in [0, 0.1) is 17.9 Å². The monoisotopic (exact) mass is 518 g/mol. The van der Waals surface area contributed by atoms with Gasteiger partial charge in [-0.15, -0.1) is 0 Å². The van der Waals surface area contributed by atoms with Crippen LogP contribution in [0.1, 0.15) is 42.4 Å². The van der Waals surface area contributed by atoms with Crippen molar-refractivity contribution in [2.45, 2.75) is 45.3 Å². The highest BCUT2D eigenvalue weighted by Crippen LogP contribution is 2.28. The molecular formula is C33H38N6. The number of benzene rings is 3. The van der Waals surface area contributed by atoms with Gasteiger partial charge in [-0.3, -0.25) is 4.90 Å². The molecule has 2 fully saturated rings. The first-order valence-corrected chi connectivity index (χ1v) is 14.2. The summed E-state index contributed by atoms with van der Waals surface area (Å²) in [6, 6.07) is 25.9. The van der Waals surface area contributed by atoms with Crippen molar-refractivity contribution in [3.63, 3.8) is 0 Å². The zero-order chi connectivity index (χ0) is 26.9. The highest BCUT2D eigenvalue weighted by Gasteiger charge is 2.28.